The fraction of sp³-hybridized carbons (Fsp3) is 0.211. The molecule has 2 N–H and O–H groups in total. The van der Waals surface area contributed by atoms with Crippen molar-refractivity contribution < 1.29 is 67.0 Å². The van der Waals surface area contributed by atoms with Gasteiger partial charge in [0.25, 0.3) is 11.8 Å². The first-order chi connectivity index (χ1) is 29.0. The third kappa shape index (κ3) is 11.2. The lowest BCUT2D eigenvalue weighted by Crippen LogP contribution is -2.17. The molecule has 1 aliphatic heterocycles. The first-order valence-electron chi connectivity index (χ1n) is 17.5. The number of anilines is 2. The summed E-state index contributed by atoms with van der Waals surface area (Å²) >= 11 is 0. The predicted molar refractivity (Wildman–Crippen MR) is 196 cm³/mol. The van der Waals surface area contributed by atoms with Crippen LogP contribution in [-0.2, 0) is 31.2 Å². The van der Waals surface area contributed by atoms with Gasteiger partial charge in [-0.3, -0.25) is 19.0 Å². The van der Waals surface area contributed by atoms with E-state index in [0.717, 1.165) is 53.3 Å². The molecule has 1 aliphatic rings. The number of pyridine rings is 2. The molecule has 324 valence electrons. The number of nitrogens with one attached hydrogen (secondary N) is 2. The third-order valence-electron chi connectivity index (χ3n) is 8.45. The van der Waals surface area contributed by atoms with E-state index in [1.54, 1.807) is 0 Å². The van der Waals surface area contributed by atoms with Gasteiger partial charge >= 0.3 is 12.4 Å². The lowest BCUT2D eigenvalue weighted by Gasteiger charge is -2.08. The summed E-state index contributed by atoms with van der Waals surface area (Å²) in [7, 11) is 7.94. The maximum atomic E-state index is 13.6. The second kappa shape index (κ2) is 18.9. The molecule has 1 saturated heterocycles. The average molecular weight is 882 g/mol. The first-order valence-corrected chi connectivity index (χ1v) is 17.5. The third-order valence-corrected chi connectivity index (χ3v) is 8.45. The Hall–Kier alpha value is -6.72. The highest BCUT2D eigenvalue weighted by atomic mass is 19.4. The molecule has 2 radical (unpaired) electrons. The van der Waals surface area contributed by atoms with E-state index in [0.29, 0.717) is 24.3 Å². The summed E-state index contributed by atoms with van der Waals surface area (Å²) < 4.78 is 164. The van der Waals surface area contributed by atoms with E-state index in [1.807, 2.05) is 0 Å². The zero-order valence-electron chi connectivity index (χ0n) is 31.6. The highest BCUT2D eigenvalue weighted by molar-refractivity contribution is 6.11. The fourth-order valence-electron chi connectivity index (χ4n) is 5.42. The molecule has 6 aromatic rings. The molecule has 11 nitrogen and oxygen atoms in total. The van der Waals surface area contributed by atoms with E-state index < -0.39 is 81.6 Å². The van der Waals surface area contributed by atoms with Crippen molar-refractivity contribution in [3.63, 3.8) is 0 Å². The van der Waals surface area contributed by atoms with Crippen LogP contribution in [-0.4, -0.2) is 61.8 Å². The van der Waals surface area contributed by atoms with Crippen molar-refractivity contribution in [1.29, 1.82) is 0 Å². The van der Waals surface area contributed by atoms with Gasteiger partial charge in [0.2, 0.25) is 0 Å². The van der Waals surface area contributed by atoms with Crippen LogP contribution >= 0.6 is 0 Å². The van der Waals surface area contributed by atoms with Crippen LogP contribution in [0.5, 0.6) is 0 Å². The molecule has 1 fully saturated rings. The van der Waals surface area contributed by atoms with Crippen LogP contribution in [0.15, 0.2) is 73.1 Å². The molecule has 62 heavy (non-hydrogen) atoms. The zero-order valence-corrected chi connectivity index (χ0v) is 31.6. The van der Waals surface area contributed by atoms with Gasteiger partial charge in [-0.15, -0.1) is 0 Å². The number of ether oxygens (including phenoxy) is 1. The first kappa shape index (κ1) is 46.4. The Morgan fingerprint density at radius 2 is 1.03 bits per heavy atom. The Balaban J connectivity index is 0.000000206. The molecule has 0 aliphatic carbocycles. The summed E-state index contributed by atoms with van der Waals surface area (Å²) in [5.74, 6) is -11.4. The highest BCUT2D eigenvalue weighted by Gasteiger charge is 2.36. The van der Waals surface area contributed by atoms with E-state index in [4.69, 9.17) is 12.6 Å². The molecule has 1 atom stereocenters. The second-order valence-corrected chi connectivity index (χ2v) is 12.8. The van der Waals surface area contributed by atoms with Gasteiger partial charge in [-0.25, -0.2) is 36.3 Å². The minimum Gasteiger partial charge on any atom is -0.388 e. The van der Waals surface area contributed by atoms with Crippen LogP contribution in [0.1, 0.15) is 44.9 Å². The van der Waals surface area contributed by atoms with Crippen molar-refractivity contribution >= 4 is 31.3 Å². The Bertz CT molecular complexity index is 2390. The van der Waals surface area contributed by atoms with Gasteiger partial charge in [0.1, 0.15) is 42.2 Å². The number of hydrogen-bond acceptors (Lipinski definition) is 7. The summed E-state index contributed by atoms with van der Waals surface area (Å²) in [4.78, 5) is 31.6. The molecule has 2 amide bonds. The number of aromatic nitrogens is 6. The smallest absolute Gasteiger partial charge is 0.388 e. The maximum Gasteiger partial charge on any atom is 0.435 e. The quantitative estimate of drug-likeness (QED) is 0.0974. The predicted octanol–water partition coefficient (Wildman–Crippen LogP) is 8.63. The van der Waals surface area contributed by atoms with Crippen LogP contribution in [0.4, 0.5) is 64.3 Å². The molecular formula is C38H27BF12N8O3. The zero-order chi connectivity index (χ0) is 45.7. The molecule has 7 rings (SSSR count). The minimum absolute atomic E-state index is 0.0463. The van der Waals surface area contributed by atoms with E-state index in [9.17, 15) is 62.3 Å². The summed E-state index contributed by atoms with van der Waals surface area (Å²) in [5, 5.41) is 10.9. The molecule has 0 spiro atoms. The Morgan fingerprint density at radius 3 is 1.31 bits per heavy atom. The van der Waals surface area contributed by atoms with Crippen molar-refractivity contribution in [2.45, 2.75) is 31.2 Å². The molecule has 2 aromatic carbocycles. The van der Waals surface area contributed by atoms with Gasteiger partial charge in [-0.05, 0) is 73.5 Å². The van der Waals surface area contributed by atoms with E-state index in [2.05, 4.69) is 30.8 Å². The molecular weight excluding hydrogens is 855 g/mol. The van der Waals surface area contributed by atoms with Crippen molar-refractivity contribution in [2.75, 3.05) is 17.2 Å². The maximum absolute atomic E-state index is 13.6. The summed E-state index contributed by atoms with van der Waals surface area (Å²) in [5.41, 5.74) is -3.67. The largest absolute Gasteiger partial charge is 0.435 e. The fourth-order valence-corrected chi connectivity index (χ4v) is 5.42. The number of carbonyl (C=O) groups excluding carboxylic acids is 2. The second-order valence-electron chi connectivity index (χ2n) is 12.8. The van der Waals surface area contributed by atoms with Crippen LogP contribution in [0.2, 0.25) is 0 Å². The van der Waals surface area contributed by atoms with Gasteiger partial charge in [0.05, 0.1) is 11.4 Å². The van der Waals surface area contributed by atoms with Crippen LogP contribution in [0.3, 0.4) is 0 Å². The number of alkyl halides is 6. The number of nitrogens with zero attached hydrogens (tertiary/aromatic N) is 6. The SMILES string of the molecule is Cn1nc(C(F)(F)F)cc1-c1ccc(NC(=O)c2c(F)ccc(F)c2F)nc1.Cn1nc(C(F)(F)F)cc1-c1ccc(NC(=O)c2c(F)ccc(F)c2F)nc1.[B]C1CCCO1. The highest BCUT2D eigenvalue weighted by Crippen LogP contribution is 2.33. The number of amides is 2. The van der Waals surface area contributed by atoms with Crippen molar-refractivity contribution in [3.8, 4) is 22.5 Å². The Labute approximate surface area is 343 Å². The number of rotatable bonds is 6. The number of carbonyl (C=O) groups is 2. The van der Waals surface area contributed by atoms with E-state index in [-0.39, 0.29) is 40.2 Å². The molecule has 24 heteroatoms. The molecule has 0 saturated carbocycles. The lowest BCUT2D eigenvalue weighted by atomic mass is 9.98. The monoisotopic (exact) mass is 882 g/mol. The van der Waals surface area contributed by atoms with Crippen LogP contribution in [0.25, 0.3) is 22.5 Å². The number of hydrogen-bond donors (Lipinski definition) is 2. The van der Waals surface area contributed by atoms with E-state index >= 15 is 0 Å². The topological polar surface area (TPSA) is 129 Å². The van der Waals surface area contributed by atoms with Crippen molar-refractivity contribution in [3.05, 3.63) is 130 Å². The van der Waals surface area contributed by atoms with Crippen LogP contribution in [0, 0.1) is 34.9 Å². The molecule has 4 aromatic heterocycles. The summed E-state index contributed by atoms with van der Waals surface area (Å²) in [6, 6.07) is 9.07. The van der Waals surface area contributed by atoms with Gasteiger partial charge < -0.3 is 15.4 Å². The minimum atomic E-state index is -4.61. The standard InChI is InChI=1S/2C17H10F6N4O.C4H7BO/c2*1-27-11(6-12(26-27)17(21,22)23)8-2-5-13(24-7-8)25-16(28)14-9(18)3-4-10(19)15(14)20;5-4-2-1-3-6-4/h2*2-7H,1H3,(H,24,25,28);4H,1-3H2. The van der Waals surface area contributed by atoms with Gasteiger partial charge in [-0.2, -0.15) is 36.5 Å². The Kier molecular flexibility index (Phi) is 14.1. The summed E-state index contributed by atoms with van der Waals surface area (Å²) in [6.45, 7) is 0.862. The van der Waals surface area contributed by atoms with Gasteiger partial charge in [0.15, 0.2) is 34.7 Å². The lowest BCUT2D eigenvalue weighted by molar-refractivity contribution is -0.142. The van der Waals surface area contributed by atoms with Gasteiger partial charge in [0, 0.05) is 50.2 Å². The average Bonchev–Trinajstić information content (AvgIpc) is 3.96. The molecule has 1 unspecified atom stereocenters. The summed E-state index contributed by atoms with van der Waals surface area (Å²) in [6.07, 6.45) is -4.76. The Morgan fingerprint density at radius 1 is 0.645 bits per heavy atom. The van der Waals surface area contributed by atoms with Crippen molar-refractivity contribution in [2.24, 2.45) is 14.1 Å². The molecule has 5 heterocycles. The number of benzene rings is 2. The molecule has 0 bridgehead atoms. The normalized spacial score (nSPS) is 13.7. The van der Waals surface area contributed by atoms with Crippen molar-refractivity contribution in [1.82, 2.24) is 29.5 Å². The number of halogens is 12. The van der Waals surface area contributed by atoms with Gasteiger partial charge in [-0.1, -0.05) is 0 Å². The van der Waals surface area contributed by atoms with E-state index in [1.165, 1.54) is 38.4 Å². The van der Waals surface area contributed by atoms with Crippen LogP contribution < -0.4 is 10.6 Å². The number of aryl methyl sites for hydroxylation is 2.